The molecular formula is C16H31NO2. The molecule has 0 saturated heterocycles. The molecular weight excluding hydrogens is 238 g/mol. The lowest BCUT2D eigenvalue weighted by molar-refractivity contribution is -0.151. The fourth-order valence-electron chi connectivity index (χ4n) is 3.92. The van der Waals surface area contributed by atoms with Crippen LogP contribution in [-0.2, 0) is 9.47 Å². The third kappa shape index (κ3) is 3.50. The summed E-state index contributed by atoms with van der Waals surface area (Å²) in [6, 6.07) is 0.668. The van der Waals surface area contributed by atoms with E-state index in [9.17, 15) is 0 Å². The van der Waals surface area contributed by atoms with Crippen molar-refractivity contribution >= 4 is 0 Å². The van der Waals surface area contributed by atoms with Gasteiger partial charge in [0.15, 0.2) is 0 Å². The van der Waals surface area contributed by atoms with E-state index in [-0.39, 0.29) is 0 Å². The predicted molar refractivity (Wildman–Crippen MR) is 78.4 cm³/mol. The Morgan fingerprint density at radius 2 is 1.79 bits per heavy atom. The van der Waals surface area contributed by atoms with Crippen LogP contribution >= 0.6 is 0 Å². The fraction of sp³-hybridized carbons (Fsp3) is 1.00. The van der Waals surface area contributed by atoms with Crippen molar-refractivity contribution in [1.82, 2.24) is 5.32 Å². The van der Waals surface area contributed by atoms with E-state index in [4.69, 9.17) is 9.47 Å². The Bertz CT molecular complexity index is 259. The summed E-state index contributed by atoms with van der Waals surface area (Å²) in [7, 11) is 2.11. The Balaban J connectivity index is 1.82. The highest BCUT2D eigenvalue weighted by Gasteiger charge is 2.54. The Hall–Kier alpha value is -0.120. The summed E-state index contributed by atoms with van der Waals surface area (Å²) in [5.74, 6) is 0. The molecule has 0 amide bonds. The summed E-state index contributed by atoms with van der Waals surface area (Å²) < 4.78 is 11.7. The van der Waals surface area contributed by atoms with Gasteiger partial charge in [0.25, 0.3) is 0 Å². The van der Waals surface area contributed by atoms with E-state index in [2.05, 4.69) is 26.2 Å². The van der Waals surface area contributed by atoms with Crippen LogP contribution in [0.1, 0.15) is 58.8 Å². The lowest BCUT2D eigenvalue weighted by Gasteiger charge is -2.56. The van der Waals surface area contributed by atoms with Crippen molar-refractivity contribution < 1.29 is 9.47 Å². The average molecular weight is 269 g/mol. The summed E-state index contributed by atoms with van der Waals surface area (Å²) in [4.78, 5) is 0. The Kier molecular flexibility index (Phi) is 5.67. The third-order valence-corrected chi connectivity index (χ3v) is 5.02. The highest BCUT2D eigenvalue weighted by atomic mass is 16.5. The monoisotopic (exact) mass is 269 g/mol. The van der Waals surface area contributed by atoms with Gasteiger partial charge in [0, 0.05) is 11.5 Å². The van der Waals surface area contributed by atoms with Gasteiger partial charge in [-0.2, -0.15) is 0 Å². The molecule has 1 N–H and O–H groups in total. The number of ether oxygens (including phenoxy) is 2. The number of hydrogen-bond donors (Lipinski definition) is 1. The molecule has 2 fully saturated rings. The molecule has 2 aliphatic carbocycles. The Morgan fingerprint density at radius 1 is 1.11 bits per heavy atom. The number of rotatable bonds is 6. The first kappa shape index (κ1) is 15.3. The molecule has 0 radical (unpaired) electrons. The fourth-order valence-corrected chi connectivity index (χ4v) is 3.92. The molecule has 0 aromatic heterocycles. The quantitative estimate of drug-likeness (QED) is 0.752. The highest BCUT2D eigenvalue weighted by molar-refractivity contribution is 5.07. The lowest BCUT2D eigenvalue weighted by Crippen LogP contribution is -2.63. The summed E-state index contributed by atoms with van der Waals surface area (Å²) in [5.41, 5.74) is 0.420. The van der Waals surface area contributed by atoms with E-state index in [0.717, 1.165) is 13.2 Å². The van der Waals surface area contributed by atoms with Crippen LogP contribution < -0.4 is 5.32 Å². The first-order valence-electron chi connectivity index (χ1n) is 8.09. The van der Waals surface area contributed by atoms with Gasteiger partial charge < -0.3 is 14.8 Å². The van der Waals surface area contributed by atoms with Gasteiger partial charge in [0.2, 0.25) is 0 Å². The molecule has 3 nitrogen and oxygen atoms in total. The zero-order valence-electron chi connectivity index (χ0n) is 12.9. The molecule has 2 unspecified atom stereocenters. The standard InChI is InChI=1S/C16H31NO2/c1-13(2)18-10-11-19-15-12-14(17-3)16(15)8-6-4-5-7-9-16/h13-15,17H,4-12H2,1-3H3. The van der Waals surface area contributed by atoms with Gasteiger partial charge in [-0.3, -0.25) is 0 Å². The van der Waals surface area contributed by atoms with Gasteiger partial charge in [-0.1, -0.05) is 25.7 Å². The van der Waals surface area contributed by atoms with E-state index in [0.29, 0.717) is 23.7 Å². The van der Waals surface area contributed by atoms with Gasteiger partial charge >= 0.3 is 0 Å². The first-order chi connectivity index (χ1) is 9.19. The van der Waals surface area contributed by atoms with E-state index in [1.165, 1.54) is 44.9 Å². The van der Waals surface area contributed by atoms with E-state index in [1.54, 1.807) is 0 Å². The van der Waals surface area contributed by atoms with E-state index in [1.807, 2.05) is 0 Å². The van der Waals surface area contributed by atoms with E-state index < -0.39 is 0 Å². The zero-order valence-corrected chi connectivity index (χ0v) is 12.9. The molecule has 0 heterocycles. The predicted octanol–water partition coefficient (Wildman–Crippen LogP) is 3.13. The summed E-state index contributed by atoms with van der Waals surface area (Å²) in [6.07, 6.45) is 10.2. The summed E-state index contributed by atoms with van der Waals surface area (Å²) >= 11 is 0. The van der Waals surface area contributed by atoms with Crippen LogP contribution in [0.5, 0.6) is 0 Å². The molecule has 112 valence electrons. The van der Waals surface area contributed by atoms with Gasteiger partial charge in [-0.15, -0.1) is 0 Å². The van der Waals surface area contributed by atoms with Crippen molar-refractivity contribution in [3.05, 3.63) is 0 Å². The van der Waals surface area contributed by atoms with Crippen LogP contribution in [0.15, 0.2) is 0 Å². The molecule has 2 atom stereocenters. The molecule has 0 bridgehead atoms. The maximum atomic E-state index is 6.14. The minimum absolute atomic E-state index is 0.307. The smallest absolute Gasteiger partial charge is 0.0704 e. The highest BCUT2D eigenvalue weighted by Crippen LogP contribution is 2.52. The number of nitrogens with one attached hydrogen (secondary N) is 1. The lowest BCUT2D eigenvalue weighted by atomic mass is 9.58. The van der Waals surface area contributed by atoms with Crippen LogP contribution in [0, 0.1) is 5.41 Å². The number of hydrogen-bond acceptors (Lipinski definition) is 3. The molecule has 0 aromatic rings. The second-order valence-electron chi connectivity index (χ2n) is 6.50. The molecule has 2 aliphatic rings. The average Bonchev–Trinajstić information content (AvgIpc) is 2.64. The molecule has 19 heavy (non-hydrogen) atoms. The van der Waals surface area contributed by atoms with E-state index >= 15 is 0 Å². The zero-order chi connectivity index (χ0) is 13.7. The van der Waals surface area contributed by atoms with Crippen molar-refractivity contribution in [1.29, 1.82) is 0 Å². The van der Waals surface area contributed by atoms with Crippen LogP contribution in [0.4, 0.5) is 0 Å². The topological polar surface area (TPSA) is 30.5 Å². The second kappa shape index (κ2) is 7.05. The molecule has 3 heteroatoms. The third-order valence-electron chi connectivity index (χ3n) is 5.02. The van der Waals surface area contributed by atoms with Crippen LogP contribution in [0.25, 0.3) is 0 Å². The Morgan fingerprint density at radius 3 is 2.37 bits per heavy atom. The van der Waals surface area contributed by atoms with Gasteiger partial charge in [0.1, 0.15) is 0 Å². The Labute approximate surface area is 118 Å². The summed E-state index contributed by atoms with van der Waals surface area (Å²) in [6.45, 7) is 5.63. The van der Waals surface area contributed by atoms with Gasteiger partial charge in [-0.25, -0.2) is 0 Å². The SMILES string of the molecule is CNC1CC(OCCOC(C)C)C12CCCCCC2. The summed E-state index contributed by atoms with van der Waals surface area (Å²) in [5, 5.41) is 3.52. The molecule has 1 spiro atoms. The van der Waals surface area contributed by atoms with Crippen LogP contribution in [0.2, 0.25) is 0 Å². The van der Waals surface area contributed by atoms with Crippen molar-refractivity contribution in [3.63, 3.8) is 0 Å². The van der Waals surface area contributed by atoms with Crippen molar-refractivity contribution in [2.24, 2.45) is 5.41 Å². The van der Waals surface area contributed by atoms with Crippen molar-refractivity contribution in [3.8, 4) is 0 Å². The minimum atomic E-state index is 0.307. The largest absolute Gasteiger partial charge is 0.376 e. The maximum Gasteiger partial charge on any atom is 0.0704 e. The normalized spacial score (nSPS) is 30.3. The van der Waals surface area contributed by atoms with Crippen molar-refractivity contribution in [2.45, 2.75) is 77.0 Å². The first-order valence-corrected chi connectivity index (χ1v) is 8.09. The molecule has 2 saturated carbocycles. The molecule has 0 aromatic carbocycles. The molecule has 0 aliphatic heterocycles. The maximum absolute atomic E-state index is 6.14. The van der Waals surface area contributed by atoms with Gasteiger partial charge in [0.05, 0.1) is 25.4 Å². The minimum Gasteiger partial charge on any atom is -0.376 e. The van der Waals surface area contributed by atoms with Gasteiger partial charge in [-0.05, 0) is 40.2 Å². The molecule has 2 rings (SSSR count). The second-order valence-corrected chi connectivity index (χ2v) is 6.50. The van der Waals surface area contributed by atoms with Crippen LogP contribution in [0.3, 0.4) is 0 Å². The van der Waals surface area contributed by atoms with Crippen LogP contribution in [-0.4, -0.2) is 38.5 Å². The van der Waals surface area contributed by atoms with Crippen molar-refractivity contribution in [2.75, 3.05) is 20.3 Å².